The second kappa shape index (κ2) is 7.53. The molecule has 0 bridgehead atoms. The summed E-state index contributed by atoms with van der Waals surface area (Å²) >= 11 is 1.37. The number of benzene rings is 1. The second-order valence-electron chi connectivity index (χ2n) is 5.70. The summed E-state index contributed by atoms with van der Waals surface area (Å²) in [6.07, 6.45) is 2.17. The van der Waals surface area contributed by atoms with Gasteiger partial charge in [-0.15, -0.1) is 11.3 Å². The molecule has 1 fully saturated rings. The molecule has 1 aromatic heterocycles. The van der Waals surface area contributed by atoms with Crippen molar-refractivity contribution in [1.82, 2.24) is 15.2 Å². The Balaban J connectivity index is 1.52. The van der Waals surface area contributed by atoms with Gasteiger partial charge < -0.3 is 10.2 Å². The lowest BCUT2D eigenvalue weighted by atomic mass is 10.2. The van der Waals surface area contributed by atoms with E-state index in [1.54, 1.807) is 22.4 Å². The van der Waals surface area contributed by atoms with Crippen molar-refractivity contribution in [2.24, 2.45) is 0 Å². The van der Waals surface area contributed by atoms with Gasteiger partial charge in [0.2, 0.25) is 11.8 Å². The Bertz CT molecular complexity index is 741. The van der Waals surface area contributed by atoms with E-state index in [9.17, 15) is 14.0 Å². The van der Waals surface area contributed by atoms with Crippen molar-refractivity contribution in [1.29, 1.82) is 0 Å². The first kappa shape index (κ1) is 16.6. The van der Waals surface area contributed by atoms with Gasteiger partial charge in [0.15, 0.2) is 0 Å². The highest BCUT2D eigenvalue weighted by molar-refractivity contribution is 7.13. The number of nitrogens with zero attached hydrogens (tertiary/aromatic N) is 2. The van der Waals surface area contributed by atoms with Crippen molar-refractivity contribution in [2.75, 3.05) is 19.6 Å². The monoisotopic (exact) mass is 347 g/mol. The van der Waals surface area contributed by atoms with Crippen LogP contribution in [0.15, 0.2) is 29.6 Å². The molecule has 0 atom stereocenters. The summed E-state index contributed by atoms with van der Waals surface area (Å²) in [5, 5.41) is 5.09. The van der Waals surface area contributed by atoms with Crippen LogP contribution in [0, 0.1) is 5.82 Å². The van der Waals surface area contributed by atoms with E-state index >= 15 is 0 Å². The van der Waals surface area contributed by atoms with Crippen molar-refractivity contribution in [3.63, 3.8) is 0 Å². The van der Waals surface area contributed by atoms with Crippen LogP contribution in [0.4, 0.5) is 4.39 Å². The first-order valence-electron chi connectivity index (χ1n) is 7.86. The third-order valence-electron chi connectivity index (χ3n) is 3.86. The Morgan fingerprint density at radius 1 is 1.29 bits per heavy atom. The minimum absolute atomic E-state index is 0.0275. The van der Waals surface area contributed by atoms with Crippen LogP contribution in [0.3, 0.4) is 0 Å². The predicted molar refractivity (Wildman–Crippen MR) is 90.0 cm³/mol. The average molecular weight is 347 g/mol. The van der Waals surface area contributed by atoms with Gasteiger partial charge in [-0.05, 0) is 25.0 Å². The van der Waals surface area contributed by atoms with Gasteiger partial charge in [-0.2, -0.15) is 0 Å². The molecule has 2 aromatic rings. The molecule has 0 radical (unpaired) electrons. The number of hydrogen-bond acceptors (Lipinski definition) is 4. The third kappa shape index (κ3) is 4.17. The van der Waals surface area contributed by atoms with E-state index in [-0.39, 0.29) is 30.6 Å². The number of thiazole rings is 1. The lowest BCUT2D eigenvalue weighted by Gasteiger charge is -2.15. The van der Waals surface area contributed by atoms with Gasteiger partial charge in [-0.25, -0.2) is 9.37 Å². The van der Waals surface area contributed by atoms with Crippen molar-refractivity contribution >= 4 is 23.2 Å². The zero-order chi connectivity index (χ0) is 16.9. The molecule has 0 aliphatic carbocycles. The Kier molecular flexibility index (Phi) is 5.20. The molecule has 3 rings (SSSR count). The zero-order valence-corrected chi connectivity index (χ0v) is 13.9. The fourth-order valence-electron chi connectivity index (χ4n) is 2.62. The largest absolute Gasteiger partial charge is 0.347 e. The number of aromatic nitrogens is 1. The molecule has 2 heterocycles. The van der Waals surface area contributed by atoms with Gasteiger partial charge in [0.05, 0.1) is 18.7 Å². The number of amides is 2. The van der Waals surface area contributed by atoms with E-state index in [2.05, 4.69) is 10.3 Å². The van der Waals surface area contributed by atoms with Crippen LogP contribution in [0.5, 0.6) is 0 Å². The quantitative estimate of drug-likeness (QED) is 0.902. The van der Waals surface area contributed by atoms with E-state index in [1.807, 2.05) is 0 Å². The molecule has 126 valence electrons. The summed E-state index contributed by atoms with van der Waals surface area (Å²) in [5.74, 6) is -0.597. The Morgan fingerprint density at radius 2 is 2.08 bits per heavy atom. The summed E-state index contributed by atoms with van der Waals surface area (Å²) in [6, 6.07) is 6.20. The normalized spacial score (nSPS) is 14.0. The van der Waals surface area contributed by atoms with E-state index < -0.39 is 0 Å². The van der Waals surface area contributed by atoms with Crippen molar-refractivity contribution < 1.29 is 14.0 Å². The number of hydrogen-bond donors (Lipinski definition) is 1. The molecule has 0 unspecified atom stereocenters. The van der Waals surface area contributed by atoms with Crippen LogP contribution in [0.1, 0.15) is 18.5 Å². The fraction of sp³-hybridized carbons (Fsp3) is 0.353. The molecule has 1 aliphatic rings. The summed E-state index contributed by atoms with van der Waals surface area (Å²) < 4.78 is 13.3. The number of carbonyl (C=O) groups is 2. The average Bonchev–Trinajstić information content (AvgIpc) is 3.24. The number of likely N-dealkylation sites (tertiary alicyclic amines) is 1. The second-order valence-corrected chi connectivity index (χ2v) is 6.55. The molecule has 1 aromatic carbocycles. The lowest BCUT2D eigenvalue weighted by Crippen LogP contribution is -2.39. The van der Waals surface area contributed by atoms with E-state index in [0.717, 1.165) is 25.9 Å². The lowest BCUT2D eigenvalue weighted by molar-refractivity contribution is -0.131. The highest BCUT2D eigenvalue weighted by Crippen LogP contribution is 2.24. The highest BCUT2D eigenvalue weighted by Gasteiger charge is 2.18. The molecular weight excluding hydrogens is 329 g/mol. The van der Waals surface area contributed by atoms with Crippen LogP contribution < -0.4 is 5.32 Å². The Morgan fingerprint density at radius 3 is 2.83 bits per heavy atom. The highest BCUT2D eigenvalue weighted by atomic mass is 32.1. The van der Waals surface area contributed by atoms with Gasteiger partial charge in [0.25, 0.3) is 0 Å². The molecule has 2 amide bonds. The molecule has 1 N–H and O–H groups in total. The van der Waals surface area contributed by atoms with Crippen molar-refractivity contribution in [2.45, 2.75) is 19.3 Å². The number of carbonyl (C=O) groups excluding carboxylic acids is 2. The maximum atomic E-state index is 13.3. The number of nitrogens with one attached hydrogen (secondary N) is 1. The fourth-order valence-corrected chi connectivity index (χ4v) is 3.44. The van der Waals surface area contributed by atoms with Gasteiger partial charge in [-0.3, -0.25) is 9.59 Å². The number of halogens is 1. The van der Waals surface area contributed by atoms with Crippen LogP contribution in [0.25, 0.3) is 10.6 Å². The van der Waals surface area contributed by atoms with Crippen LogP contribution >= 0.6 is 11.3 Å². The molecule has 0 spiro atoms. The van der Waals surface area contributed by atoms with Crippen LogP contribution in [-0.4, -0.2) is 41.3 Å². The predicted octanol–water partition coefficient (Wildman–Crippen LogP) is 2.23. The van der Waals surface area contributed by atoms with Gasteiger partial charge in [0, 0.05) is 24.0 Å². The molecule has 1 aliphatic heterocycles. The Hall–Kier alpha value is -2.28. The zero-order valence-electron chi connectivity index (χ0n) is 13.1. The molecule has 0 saturated carbocycles. The molecule has 5 nitrogen and oxygen atoms in total. The van der Waals surface area contributed by atoms with Crippen molar-refractivity contribution in [3.05, 3.63) is 41.2 Å². The smallest absolute Gasteiger partial charge is 0.241 e. The minimum atomic E-state index is -0.317. The molecular formula is C17H18FN3O2S. The first-order valence-corrected chi connectivity index (χ1v) is 8.74. The summed E-state index contributed by atoms with van der Waals surface area (Å²) in [4.78, 5) is 30.0. The van der Waals surface area contributed by atoms with Crippen LogP contribution in [0.2, 0.25) is 0 Å². The van der Waals surface area contributed by atoms with E-state index in [0.29, 0.717) is 16.3 Å². The SMILES string of the molecule is O=C(Cc1csc(-c2cccc(F)c2)n1)NCC(=O)N1CCCC1. The van der Waals surface area contributed by atoms with E-state index in [1.165, 1.54) is 23.5 Å². The third-order valence-corrected chi connectivity index (χ3v) is 4.80. The summed E-state index contributed by atoms with van der Waals surface area (Å²) in [7, 11) is 0. The van der Waals surface area contributed by atoms with Gasteiger partial charge in [0.1, 0.15) is 10.8 Å². The maximum absolute atomic E-state index is 13.3. The summed E-state index contributed by atoms with van der Waals surface area (Å²) in [5.41, 5.74) is 1.31. The van der Waals surface area contributed by atoms with Crippen LogP contribution in [-0.2, 0) is 16.0 Å². The van der Waals surface area contributed by atoms with Gasteiger partial charge >= 0.3 is 0 Å². The first-order chi connectivity index (χ1) is 11.6. The Labute approximate surface area is 143 Å². The minimum Gasteiger partial charge on any atom is -0.347 e. The molecule has 24 heavy (non-hydrogen) atoms. The van der Waals surface area contributed by atoms with Crippen molar-refractivity contribution in [3.8, 4) is 10.6 Å². The van der Waals surface area contributed by atoms with E-state index in [4.69, 9.17) is 0 Å². The number of rotatable bonds is 5. The maximum Gasteiger partial charge on any atom is 0.241 e. The van der Waals surface area contributed by atoms with Gasteiger partial charge in [-0.1, -0.05) is 12.1 Å². The standard InChI is InChI=1S/C17H18FN3O2S/c18-13-5-3-4-12(8-13)17-20-14(11-24-17)9-15(22)19-10-16(23)21-6-1-2-7-21/h3-5,8,11H,1-2,6-7,9-10H2,(H,19,22). The molecule has 7 heteroatoms. The summed E-state index contributed by atoms with van der Waals surface area (Å²) in [6.45, 7) is 1.58. The topological polar surface area (TPSA) is 62.3 Å². The molecule has 1 saturated heterocycles.